The van der Waals surface area contributed by atoms with Crippen molar-refractivity contribution < 1.29 is 4.39 Å². The largest absolute Gasteiger partial charge is 0.308 e. The van der Waals surface area contributed by atoms with E-state index in [-0.39, 0.29) is 5.82 Å². The first-order valence-corrected chi connectivity index (χ1v) is 6.01. The fraction of sp³-hybridized carbons (Fsp3) is 0.417. The molecule has 0 radical (unpaired) electrons. The third kappa shape index (κ3) is 2.89. The summed E-state index contributed by atoms with van der Waals surface area (Å²) in [6, 6.07) is 2.11. The molecule has 1 N–H and O–H groups in total. The molecule has 1 aliphatic rings. The molecule has 3 rings (SSSR count). The normalized spacial score (nSPS) is 14.9. The number of nitrogens with one attached hydrogen (secondary N) is 1. The van der Waals surface area contributed by atoms with E-state index in [9.17, 15) is 4.39 Å². The highest BCUT2D eigenvalue weighted by Gasteiger charge is 2.20. The van der Waals surface area contributed by atoms with Gasteiger partial charge >= 0.3 is 0 Å². The average Bonchev–Trinajstić information content (AvgIpc) is 3.08. The number of rotatable bonds is 5. The van der Waals surface area contributed by atoms with Crippen molar-refractivity contribution in [2.75, 3.05) is 0 Å². The zero-order valence-corrected chi connectivity index (χ0v) is 9.88. The van der Waals surface area contributed by atoms with Crippen LogP contribution in [0.3, 0.4) is 0 Å². The Kier molecular flexibility index (Phi) is 3.02. The summed E-state index contributed by atoms with van der Waals surface area (Å²) < 4.78 is 14.7. The molecule has 2 heterocycles. The van der Waals surface area contributed by atoms with E-state index in [4.69, 9.17) is 0 Å². The maximum absolute atomic E-state index is 13.0. The van der Waals surface area contributed by atoms with E-state index in [0.29, 0.717) is 12.6 Å². The predicted molar refractivity (Wildman–Crippen MR) is 63.2 cm³/mol. The fourth-order valence-corrected chi connectivity index (χ4v) is 1.76. The number of pyridine rings is 1. The molecule has 5 nitrogen and oxygen atoms in total. The molecule has 0 bridgehead atoms. The minimum Gasteiger partial charge on any atom is -0.308 e. The Hall–Kier alpha value is -1.82. The molecule has 1 aliphatic carbocycles. The molecule has 0 atom stereocenters. The number of hydrogen-bond donors (Lipinski definition) is 1. The quantitative estimate of drug-likeness (QED) is 0.860. The van der Waals surface area contributed by atoms with Gasteiger partial charge in [-0.05, 0) is 24.5 Å². The van der Waals surface area contributed by atoms with Crippen molar-refractivity contribution in [3.05, 3.63) is 41.7 Å². The molecule has 2 aromatic rings. The number of nitrogens with zero attached hydrogens (tertiary/aromatic N) is 4. The fourth-order valence-electron chi connectivity index (χ4n) is 1.76. The summed E-state index contributed by atoms with van der Waals surface area (Å²) in [6.45, 7) is 1.23. The first kappa shape index (κ1) is 11.3. The lowest BCUT2D eigenvalue weighted by Crippen LogP contribution is -2.15. The molecule has 1 saturated carbocycles. The van der Waals surface area contributed by atoms with E-state index in [0.717, 1.165) is 17.8 Å². The number of hydrogen-bond acceptors (Lipinski definition) is 4. The van der Waals surface area contributed by atoms with Crippen molar-refractivity contribution in [1.29, 1.82) is 0 Å². The van der Waals surface area contributed by atoms with Crippen LogP contribution < -0.4 is 5.32 Å². The molecule has 0 amide bonds. The molecule has 94 valence electrons. The summed E-state index contributed by atoms with van der Waals surface area (Å²) >= 11 is 0. The molecule has 0 unspecified atom stereocenters. The SMILES string of the molecule is Fc1cncc(Cn2cc(CNC3CC3)nn2)c1. The van der Waals surface area contributed by atoms with Crippen molar-refractivity contribution in [3.8, 4) is 0 Å². The van der Waals surface area contributed by atoms with Crippen LogP contribution in [-0.4, -0.2) is 26.0 Å². The minimum absolute atomic E-state index is 0.330. The van der Waals surface area contributed by atoms with Crippen molar-refractivity contribution in [2.45, 2.75) is 32.0 Å². The molecule has 18 heavy (non-hydrogen) atoms. The maximum Gasteiger partial charge on any atom is 0.141 e. The molecule has 0 aliphatic heterocycles. The standard InChI is InChI=1S/C12H14FN5/c13-10-3-9(4-14-5-10)7-18-8-12(16-17-18)6-15-11-1-2-11/h3-5,8,11,15H,1-2,6-7H2. The molecule has 1 fully saturated rings. The van der Waals surface area contributed by atoms with Gasteiger partial charge in [0.05, 0.1) is 24.6 Å². The van der Waals surface area contributed by atoms with Crippen LogP contribution in [0.5, 0.6) is 0 Å². The van der Waals surface area contributed by atoms with Gasteiger partial charge in [0.1, 0.15) is 5.82 Å². The lowest BCUT2D eigenvalue weighted by Gasteiger charge is -2.00. The average molecular weight is 247 g/mol. The van der Waals surface area contributed by atoms with E-state index >= 15 is 0 Å². The van der Waals surface area contributed by atoms with Crippen LogP contribution in [0.15, 0.2) is 24.7 Å². The first-order chi connectivity index (χ1) is 8.79. The van der Waals surface area contributed by atoms with E-state index < -0.39 is 0 Å². The third-order valence-corrected chi connectivity index (χ3v) is 2.84. The van der Waals surface area contributed by atoms with Gasteiger partial charge in [0.15, 0.2) is 0 Å². The van der Waals surface area contributed by atoms with E-state index in [2.05, 4.69) is 20.6 Å². The molecular weight excluding hydrogens is 233 g/mol. The molecule has 6 heteroatoms. The van der Waals surface area contributed by atoms with Crippen LogP contribution in [-0.2, 0) is 13.1 Å². The molecule has 2 aromatic heterocycles. The van der Waals surface area contributed by atoms with E-state index in [1.807, 2.05) is 6.20 Å². The van der Waals surface area contributed by atoms with Gasteiger partial charge in [0, 0.05) is 18.8 Å². The van der Waals surface area contributed by atoms with E-state index in [1.165, 1.54) is 25.1 Å². The third-order valence-electron chi connectivity index (χ3n) is 2.84. The lowest BCUT2D eigenvalue weighted by molar-refractivity contribution is 0.606. The van der Waals surface area contributed by atoms with Gasteiger partial charge in [-0.3, -0.25) is 4.98 Å². The van der Waals surface area contributed by atoms with Crippen LogP contribution >= 0.6 is 0 Å². The second kappa shape index (κ2) is 4.81. The zero-order chi connectivity index (χ0) is 12.4. The second-order valence-electron chi connectivity index (χ2n) is 4.57. The maximum atomic E-state index is 13.0. The highest BCUT2D eigenvalue weighted by molar-refractivity contribution is 5.10. The highest BCUT2D eigenvalue weighted by atomic mass is 19.1. The monoisotopic (exact) mass is 247 g/mol. The summed E-state index contributed by atoms with van der Waals surface area (Å²) in [4.78, 5) is 3.81. The number of halogens is 1. The van der Waals surface area contributed by atoms with Gasteiger partial charge in [0.2, 0.25) is 0 Å². The van der Waals surface area contributed by atoms with Gasteiger partial charge in [0.25, 0.3) is 0 Å². The van der Waals surface area contributed by atoms with Gasteiger partial charge in [-0.2, -0.15) is 0 Å². The minimum atomic E-state index is -0.330. The summed E-state index contributed by atoms with van der Waals surface area (Å²) in [7, 11) is 0. The van der Waals surface area contributed by atoms with Crippen molar-refractivity contribution in [1.82, 2.24) is 25.3 Å². The molecule has 0 aromatic carbocycles. The van der Waals surface area contributed by atoms with Gasteiger partial charge in [-0.25, -0.2) is 9.07 Å². The summed E-state index contributed by atoms with van der Waals surface area (Å²) in [5.41, 5.74) is 1.69. The molecule has 0 spiro atoms. The van der Waals surface area contributed by atoms with Crippen LogP contribution in [0, 0.1) is 5.82 Å². The summed E-state index contributed by atoms with van der Waals surface area (Å²) in [5.74, 6) is -0.330. The zero-order valence-electron chi connectivity index (χ0n) is 9.88. The summed E-state index contributed by atoms with van der Waals surface area (Å²) in [5, 5.41) is 11.5. The Bertz CT molecular complexity index is 535. The van der Waals surface area contributed by atoms with Crippen LogP contribution in [0.1, 0.15) is 24.1 Å². The Balaban J connectivity index is 1.61. The highest BCUT2D eigenvalue weighted by Crippen LogP contribution is 2.18. The first-order valence-electron chi connectivity index (χ1n) is 6.01. The second-order valence-corrected chi connectivity index (χ2v) is 4.57. The predicted octanol–water partition coefficient (Wildman–Crippen LogP) is 1.11. The van der Waals surface area contributed by atoms with Crippen molar-refractivity contribution >= 4 is 0 Å². The Morgan fingerprint density at radius 2 is 2.28 bits per heavy atom. The topological polar surface area (TPSA) is 55.6 Å². The van der Waals surface area contributed by atoms with Crippen LogP contribution in [0.2, 0.25) is 0 Å². The molecular formula is C12H14FN5. The summed E-state index contributed by atoms with van der Waals surface area (Å²) in [6.07, 6.45) is 7.20. The lowest BCUT2D eigenvalue weighted by atomic mass is 10.3. The van der Waals surface area contributed by atoms with Crippen LogP contribution in [0.4, 0.5) is 4.39 Å². The van der Waals surface area contributed by atoms with Gasteiger partial charge < -0.3 is 5.32 Å². The van der Waals surface area contributed by atoms with E-state index in [1.54, 1.807) is 10.9 Å². The number of aromatic nitrogens is 4. The molecule has 0 saturated heterocycles. The Morgan fingerprint density at radius 3 is 3.06 bits per heavy atom. The Morgan fingerprint density at radius 1 is 1.39 bits per heavy atom. The van der Waals surface area contributed by atoms with Crippen molar-refractivity contribution in [3.63, 3.8) is 0 Å². The smallest absolute Gasteiger partial charge is 0.141 e. The van der Waals surface area contributed by atoms with Gasteiger partial charge in [-0.15, -0.1) is 5.10 Å². The van der Waals surface area contributed by atoms with Crippen LogP contribution in [0.25, 0.3) is 0 Å². The Labute approximate surface area is 104 Å². The van der Waals surface area contributed by atoms with Gasteiger partial charge in [-0.1, -0.05) is 5.21 Å². The van der Waals surface area contributed by atoms with Crippen molar-refractivity contribution in [2.24, 2.45) is 0 Å².